The van der Waals surface area contributed by atoms with Crippen LogP contribution in [0.3, 0.4) is 0 Å². The van der Waals surface area contributed by atoms with Crippen molar-refractivity contribution in [2.45, 2.75) is 0 Å². The number of hydrogen-bond acceptors (Lipinski definition) is 5. The van der Waals surface area contributed by atoms with Gasteiger partial charge in [0.25, 0.3) is 5.56 Å². The molecule has 0 bridgehead atoms. The van der Waals surface area contributed by atoms with Gasteiger partial charge in [0.1, 0.15) is 4.83 Å². The Labute approximate surface area is 159 Å². The van der Waals surface area contributed by atoms with Gasteiger partial charge < -0.3 is 4.90 Å². The molecule has 0 atom stereocenters. The third-order valence-corrected chi connectivity index (χ3v) is 5.35. The fourth-order valence-corrected chi connectivity index (χ4v) is 3.70. The molecule has 4 nitrogen and oxygen atoms in total. The standard InChI is InChI=1S/C20H14ClN3OS/c1-24(15-9-7-14(21)8-10-15)20-23-18(25)16-11-12-17(22-19(16)26-20)13-5-3-2-4-6-13/h2-12H,1H3. The van der Waals surface area contributed by atoms with Crippen LogP contribution in [-0.4, -0.2) is 17.0 Å². The van der Waals surface area contributed by atoms with Crippen LogP contribution in [0.4, 0.5) is 10.8 Å². The van der Waals surface area contributed by atoms with Crippen molar-refractivity contribution < 1.29 is 0 Å². The molecule has 6 heteroatoms. The van der Waals surface area contributed by atoms with E-state index in [9.17, 15) is 4.79 Å². The number of fused-ring (bicyclic) bond motifs is 1. The van der Waals surface area contributed by atoms with Gasteiger partial charge in [-0.2, -0.15) is 4.98 Å². The highest BCUT2D eigenvalue weighted by molar-refractivity contribution is 7.21. The number of benzene rings is 2. The first-order valence-electron chi connectivity index (χ1n) is 7.98. The maximum atomic E-state index is 12.4. The minimum absolute atomic E-state index is 0.276. The zero-order chi connectivity index (χ0) is 18.1. The topological polar surface area (TPSA) is 46.1 Å². The molecule has 4 aromatic rings. The van der Waals surface area contributed by atoms with Crippen molar-refractivity contribution in [2.75, 3.05) is 11.9 Å². The summed E-state index contributed by atoms with van der Waals surface area (Å²) >= 11 is 7.34. The van der Waals surface area contributed by atoms with Crippen LogP contribution >= 0.6 is 22.9 Å². The molecule has 0 radical (unpaired) electrons. The molecule has 2 heterocycles. The molecule has 0 amide bonds. The Balaban J connectivity index is 1.81. The monoisotopic (exact) mass is 379 g/mol. The third-order valence-electron chi connectivity index (χ3n) is 4.05. The van der Waals surface area contributed by atoms with Crippen LogP contribution in [0.15, 0.2) is 71.5 Å². The molecule has 4 rings (SSSR count). The summed E-state index contributed by atoms with van der Waals surface area (Å²) in [7, 11) is 1.87. The first kappa shape index (κ1) is 16.7. The van der Waals surface area contributed by atoms with Crippen molar-refractivity contribution in [1.82, 2.24) is 9.97 Å². The van der Waals surface area contributed by atoms with Crippen molar-refractivity contribution in [3.05, 3.63) is 82.1 Å². The molecule has 0 saturated carbocycles. The van der Waals surface area contributed by atoms with E-state index in [1.807, 2.05) is 72.6 Å². The summed E-state index contributed by atoms with van der Waals surface area (Å²) in [5.74, 6) is 0. The summed E-state index contributed by atoms with van der Waals surface area (Å²) < 4.78 is 0. The van der Waals surface area contributed by atoms with Crippen LogP contribution in [0.1, 0.15) is 0 Å². The van der Waals surface area contributed by atoms with E-state index in [-0.39, 0.29) is 5.56 Å². The number of nitrogens with zero attached hydrogens (tertiary/aromatic N) is 3. The molecule has 0 aliphatic heterocycles. The van der Waals surface area contributed by atoms with Crippen LogP contribution in [0.5, 0.6) is 0 Å². The molecule has 26 heavy (non-hydrogen) atoms. The quantitative estimate of drug-likeness (QED) is 0.494. The Kier molecular flexibility index (Phi) is 4.41. The lowest BCUT2D eigenvalue weighted by atomic mass is 10.1. The van der Waals surface area contributed by atoms with Crippen molar-refractivity contribution in [2.24, 2.45) is 0 Å². The van der Waals surface area contributed by atoms with E-state index in [0.717, 1.165) is 16.9 Å². The average molecular weight is 380 g/mol. The summed E-state index contributed by atoms with van der Waals surface area (Å²) in [4.78, 5) is 23.9. The fraction of sp³-hybridized carbons (Fsp3) is 0.0500. The van der Waals surface area contributed by atoms with E-state index in [4.69, 9.17) is 11.6 Å². The molecule has 0 saturated heterocycles. The molecular weight excluding hydrogens is 366 g/mol. The van der Waals surface area contributed by atoms with Crippen molar-refractivity contribution >= 4 is 44.0 Å². The summed E-state index contributed by atoms with van der Waals surface area (Å²) in [5, 5.41) is 1.78. The molecule has 0 spiro atoms. The third kappa shape index (κ3) is 3.19. The molecular formula is C20H14ClN3OS. The lowest BCUT2D eigenvalue weighted by Crippen LogP contribution is -2.15. The maximum Gasteiger partial charge on any atom is 0.282 e. The Morgan fingerprint density at radius 3 is 2.38 bits per heavy atom. The van der Waals surface area contributed by atoms with Crippen LogP contribution in [0, 0.1) is 0 Å². The minimum atomic E-state index is -0.276. The van der Waals surface area contributed by atoms with Gasteiger partial charge in [0, 0.05) is 23.3 Å². The zero-order valence-corrected chi connectivity index (χ0v) is 15.5. The average Bonchev–Trinajstić information content (AvgIpc) is 2.68. The fourth-order valence-electron chi connectivity index (χ4n) is 2.63. The molecule has 0 aliphatic carbocycles. The molecule has 0 unspecified atom stereocenters. The van der Waals surface area contributed by atoms with Crippen molar-refractivity contribution in [3.8, 4) is 11.3 Å². The highest BCUT2D eigenvalue weighted by atomic mass is 35.5. The highest BCUT2D eigenvalue weighted by Gasteiger charge is 2.12. The summed E-state index contributed by atoms with van der Waals surface area (Å²) in [6, 6.07) is 20.9. The van der Waals surface area contributed by atoms with Gasteiger partial charge in [0.05, 0.1) is 11.1 Å². The van der Waals surface area contributed by atoms with Gasteiger partial charge in [-0.15, -0.1) is 0 Å². The molecule has 2 aromatic carbocycles. The minimum Gasteiger partial charge on any atom is -0.321 e. The Morgan fingerprint density at radius 1 is 0.923 bits per heavy atom. The molecule has 128 valence electrons. The van der Waals surface area contributed by atoms with Crippen LogP contribution < -0.4 is 10.5 Å². The van der Waals surface area contributed by atoms with E-state index in [1.165, 1.54) is 11.3 Å². The number of pyridine rings is 1. The second-order valence-electron chi connectivity index (χ2n) is 5.75. The molecule has 0 fully saturated rings. The normalized spacial score (nSPS) is 10.8. The highest BCUT2D eigenvalue weighted by Crippen LogP contribution is 2.29. The predicted molar refractivity (Wildman–Crippen MR) is 109 cm³/mol. The van der Waals surface area contributed by atoms with Gasteiger partial charge in [-0.25, -0.2) is 4.98 Å². The first-order valence-corrected chi connectivity index (χ1v) is 9.18. The van der Waals surface area contributed by atoms with Gasteiger partial charge >= 0.3 is 0 Å². The number of hydrogen-bond donors (Lipinski definition) is 0. The smallest absolute Gasteiger partial charge is 0.282 e. The molecule has 2 aromatic heterocycles. The molecule has 0 aliphatic rings. The zero-order valence-electron chi connectivity index (χ0n) is 13.9. The summed E-state index contributed by atoms with van der Waals surface area (Å²) in [6.07, 6.45) is 0. The Bertz CT molecular complexity index is 1130. The van der Waals surface area contributed by atoms with Gasteiger partial charge in [-0.3, -0.25) is 4.79 Å². The van der Waals surface area contributed by atoms with Gasteiger partial charge in [0.15, 0.2) is 5.13 Å². The maximum absolute atomic E-state index is 12.4. The number of anilines is 2. The molecule has 0 N–H and O–H groups in total. The van der Waals surface area contributed by atoms with Crippen molar-refractivity contribution in [3.63, 3.8) is 0 Å². The lowest BCUT2D eigenvalue weighted by Gasteiger charge is -2.17. The van der Waals surface area contributed by atoms with E-state index < -0.39 is 0 Å². The SMILES string of the molecule is CN(c1ccc(Cl)cc1)c1nc(=O)c2ccc(-c3ccccc3)nc2s1. The van der Waals surface area contributed by atoms with Crippen LogP contribution in [0.2, 0.25) is 5.02 Å². The van der Waals surface area contributed by atoms with Gasteiger partial charge in [-0.05, 0) is 36.4 Å². The number of halogens is 1. The number of rotatable bonds is 3. The van der Waals surface area contributed by atoms with Crippen LogP contribution in [0.25, 0.3) is 21.5 Å². The lowest BCUT2D eigenvalue weighted by molar-refractivity contribution is 1.14. The van der Waals surface area contributed by atoms with E-state index in [2.05, 4.69) is 9.97 Å². The Hall–Kier alpha value is -2.76. The predicted octanol–water partition coefficient (Wildman–Crippen LogP) is 5.14. The second-order valence-corrected chi connectivity index (χ2v) is 7.14. The summed E-state index contributed by atoms with van der Waals surface area (Å²) in [5.41, 5.74) is 2.47. The second kappa shape index (κ2) is 6.86. The largest absolute Gasteiger partial charge is 0.321 e. The Morgan fingerprint density at radius 2 is 1.65 bits per heavy atom. The number of aromatic nitrogens is 2. The first-order chi connectivity index (χ1) is 12.6. The van der Waals surface area contributed by atoms with E-state index in [0.29, 0.717) is 20.4 Å². The van der Waals surface area contributed by atoms with Gasteiger partial charge in [0.2, 0.25) is 0 Å². The van der Waals surface area contributed by atoms with E-state index in [1.54, 1.807) is 6.07 Å². The van der Waals surface area contributed by atoms with Crippen molar-refractivity contribution in [1.29, 1.82) is 0 Å². The van der Waals surface area contributed by atoms with E-state index >= 15 is 0 Å². The van der Waals surface area contributed by atoms with Crippen LogP contribution in [-0.2, 0) is 0 Å². The summed E-state index contributed by atoms with van der Waals surface area (Å²) in [6.45, 7) is 0. The van der Waals surface area contributed by atoms with Gasteiger partial charge in [-0.1, -0.05) is 53.3 Å².